The van der Waals surface area contributed by atoms with E-state index in [9.17, 15) is 0 Å². The largest absolute Gasteiger partial charge is 0.242 e. The van der Waals surface area contributed by atoms with E-state index in [-0.39, 0.29) is 0 Å². The van der Waals surface area contributed by atoms with Gasteiger partial charge in [0.1, 0.15) is 0 Å². The lowest BCUT2D eigenvalue weighted by atomic mass is 10.2. The van der Waals surface area contributed by atoms with Gasteiger partial charge in [-0.15, -0.1) is 0 Å². The van der Waals surface area contributed by atoms with Gasteiger partial charge < -0.3 is 0 Å². The summed E-state index contributed by atoms with van der Waals surface area (Å²) >= 11 is 5.01. The Morgan fingerprint density at radius 2 is 2.43 bits per heavy atom. The minimum Gasteiger partial charge on any atom is -0.213 e. The normalized spacial score (nSPS) is 16.1. The van der Waals surface area contributed by atoms with Crippen LogP contribution >= 0.6 is 12.2 Å². The molecule has 0 fully saturated rings. The molecule has 0 radical (unpaired) electrons. The highest BCUT2D eigenvalue weighted by Gasteiger charge is 2.02. The van der Waals surface area contributed by atoms with Crippen LogP contribution in [0.25, 0.3) is 5.70 Å². The number of hydrogen-bond acceptors (Lipinski definition) is 3. The van der Waals surface area contributed by atoms with Gasteiger partial charge in [0.2, 0.25) is 4.77 Å². The van der Waals surface area contributed by atoms with Crippen LogP contribution in [0.4, 0.5) is 0 Å². The fraction of sp³-hybridized carbons (Fsp3) is 0.222. The number of nitrogens with zero attached hydrogens (tertiary/aromatic N) is 3. The lowest BCUT2D eigenvalue weighted by Gasteiger charge is -2.01. The van der Waals surface area contributed by atoms with E-state index in [1.54, 1.807) is 4.68 Å². The van der Waals surface area contributed by atoms with Crippen LogP contribution in [0.2, 0.25) is 0 Å². The average Bonchev–Trinajstić information content (AvgIpc) is 2.46. The topological polar surface area (TPSA) is 46.5 Å². The van der Waals surface area contributed by atoms with Crippen molar-refractivity contribution in [2.45, 2.75) is 13.3 Å². The zero-order valence-corrected chi connectivity index (χ0v) is 8.58. The van der Waals surface area contributed by atoms with Gasteiger partial charge in [-0.05, 0) is 25.2 Å². The third-order valence-electron chi connectivity index (χ3n) is 2.04. The van der Waals surface area contributed by atoms with Crippen LogP contribution in [0, 0.1) is 4.77 Å². The Bertz CT molecular complexity index is 472. The molecule has 4 nitrogen and oxygen atoms in total. The summed E-state index contributed by atoms with van der Waals surface area (Å²) in [4.78, 5) is 0. The summed E-state index contributed by atoms with van der Waals surface area (Å²) in [5.41, 5.74) is 2.29. The van der Waals surface area contributed by atoms with Gasteiger partial charge in [-0.3, -0.25) is 0 Å². The Hall–Kier alpha value is -1.49. The zero-order valence-electron chi connectivity index (χ0n) is 7.77. The Morgan fingerprint density at radius 3 is 3.14 bits per heavy atom. The number of aromatic amines is 1. The summed E-state index contributed by atoms with van der Waals surface area (Å²) < 4.78 is 2.16. The molecule has 1 aliphatic rings. The number of allylic oxidation sites excluding steroid dienone is 6. The second kappa shape index (κ2) is 3.71. The highest BCUT2D eigenvalue weighted by atomic mass is 32.1. The smallest absolute Gasteiger partial charge is 0.213 e. The summed E-state index contributed by atoms with van der Waals surface area (Å²) in [5, 5.41) is 10.1. The van der Waals surface area contributed by atoms with Crippen molar-refractivity contribution in [3.63, 3.8) is 0 Å². The fourth-order valence-electron chi connectivity index (χ4n) is 1.26. The molecule has 0 saturated heterocycles. The third-order valence-corrected chi connectivity index (χ3v) is 2.30. The predicted molar refractivity (Wildman–Crippen MR) is 57.0 cm³/mol. The molecule has 2 rings (SSSR count). The first kappa shape index (κ1) is 9.08. The third kappa shape index (κ3) is 1.72. The van der Waals surface area contributed by atoms with Gasteiger partial charge in [0.15, 0.2) is 0 Å². The van der Waals surface area contributed by atoms with Gasteiger partial charge in [0.05, 0.1) is 0 Å². The number of H-pyrrole nitrogens is 1. The Balaban J connectivity index is 2.38. The van der Waals surface area contributed by atoms with Gasteiger partial charge in [-0.1, -0.05) is 34.1 Å². The molecule has 0 saturated carbocycles. The second-order valence-corrected chi connectivity index (χ2v) is 3.45. The van der Waals surface area contributed by atoms with E-state index in [0.717, 1.165) is 12.1 Å². The molecule has 72 valence electrons. The van der Waals surface area contributed by atoms with Crippen LogP contribution in [0.15, 0.2) is 29.9 Å². The lowest BCUT2D eigenvalue weighted by molar-refractivity contribution is 0.787. The molecular weight excluding hydrogens is 196 g/mol. The highest BCUT2D eigenvalue weighted by molar-refractivity contribution is 7.71. The number of hydrogen-bond donors (Lipinski definition) is 1. The summed E-state index contributed by atoms with van der Waals surface area (Å²) in [5.74, 6) is 0. The molecule has 0 bridgehead atoms. The number of aromatic nitrogens is 4. The first-order valence-electron chi connectivity index (χ1n) is 4.32. The maximum atomic E-state index is 5.01. The van der Waals surface area contributed by atoms with Crippen LogP contribution in [0.5, 0.6) is 0 Å². The van der Waals surface area contributed by atoms with Gasteiger partial charge in [0, 0.05) is 12.1 Å². The molecule has 14 heavy (non-hydrogen) atoms. The fourth-order valence-corrected chi connectivity index (χ4v) is 1.46. The van der Waals surface area contributed by atoms with Crippen LogP contribution in [-0.4, -0.2) is 20.2 Å². The molecule has 1 aliphatic carbocycles. The van der Waals surface area contributed by atoms with Crippen molar-refractivity contribution in [1.29, 1.82) is 0 Å². The monoisotopic (exact) mass is 206 g/mol. The van der Waals surface area contributed by atoms with Crippen LogP contribution in [0.3, 0.4) is 0 Å². The van der Waals surface area contributed by atoms with Gasteiger partial charge >= 0.3 is 0 Å². The maximum Gasteiger partial charge on any atom is 0.242 e. The van der Waals surface area contributed by atoms with E-state index < -0.39 is 0 Å². The standard InChI is InChI=1S/C9H10N4S/c1-7-3-2-4-8(6-5-7)13-9(14)10-11-12-13/h2-5H,6H2,1H3,(H,10,12,14). The van der Waals surface area contributed by atoms with Crippen LogP contribution in [-0.2, 0) is 0 Å². The lowest BCUT2D eigenvalue weighted by Crippen LogP contribution is -1.98. The molecule has 1 heterocycles. The van der Waals surface area contributed by atoms with Crippen molar-refractivity contribution in [3.05, 3.63) is 34.6 Å². The van der Waals surface area contributed by atoms with E-state index in [0.29, 0.717) is 4.77 Å². The minimum absolute atomic E-state index is 0.456. The molecule has 1 aromatic rings. The Morgan fingerprint density at radius 1 is 1.57 bits per heavy atom. The maximum absolute atomic E-state index is 5.01. The zero-order chi connectivity index (χ0) is 9.97. The Labute approximate surface area is 86.6 Å². The summed E-state index contributed by atoms with van der Waals surface area (Å²) in [6.45, 7) is 2.07. The van der Waals surface area contributed by atoms with E-state index in [2.05, 4.69) is 34.6 Å². The van der Waals surface area contributed by atoms with E-state index in [4.69, 9.17) is 12.2 Å². The molecule has 1 N–H and O–H groups in total. The molecule has 0 aliphatic heterocycles. The molecular formula is C9H10N4S. The summed E-state index contributed by atoms with van der Waals surface area (Å²) in [6.07, 6.45) is 9.02. The van der Waals surface area contributed by atoms with Crippen molar-refractivity contribution in [2.24, 2.45) is 0 Å². The van der Waals surface area contributed by atoms with Crippen molar-refractivity contribution < 1.29 is 0 Å². The number of rotatable bonds is 1. The average molecular weight is 206 g/mol. The van der Waals surface area contributed by atoms with Crippen LogP contribution in [0.1, 0.15) is 13.3 Å². The quantitative estimate of drug-likeness (QED) is 0.716. The first-order valence-corrected chi connectivity index (χ1v) is 4.72. The van der Waals surface area contributed by atoms with E-state index in [1.807, 2.05) is 12.2 Å². The Kier molecular flexibility index (Phi) is 2.41. The van der Waals surface area contributed by atoms with Crippen molar-refractivity contribution in [3.8, 4) is 0 Å². The predicted octanol–water partition coefficient (Wildman–Crippen LogP) is 2.08. The molecule has 0 spiro atoms. The van der Waals surface area contributed by atoms with Crippen molar-refractivity contribution in [2.75, 3.05) is 0 Å². The van der Waals surface area contributed by atoms with Gasteiger partial charge in [-0.2, -0.15) is 5.21 Å². The van der Waals surface area contributed by atoms with Gasteiger partial charge in [0.25, 0.3) is 0 Å². The molecule has 0 atom stereocenters. The SMILES string of the molecule is CC1=CCC(n2[nH]nnc2=S)=CC=C1. The molecule has 0 unspecified atom stereocenters. The van der Waals surface area contributed by atoms with Gasteiger partial charge in [-0.25, -0.2) is 4.68 Å². The highest BCUT2D eigenvalue weighted by Crippen LogP contribution is 2.14. The summed E-state index contributed by atoms with van der Waals surface area (Å²) in [7, 11) is 0. The molecule has 5 heteroatoms. The van der Waals surface area contributed by atoms with E-state index in [1.165, 1.54) is 5.57 Å². The minimum atomic E-state index is 0.456. The van der Waals surface area contributed by atoms with E-state index >= 15 is 0 Å². The molecule has 1 aromatic heterocycles. The van der Waals surface area contributed by atoms with Crippen molar-refractivity contribution in [1.82, 2.24) is 20.2 Å². The summed E-state index contributed by atoms with van der Waals surface area (Å²) in [6, 6.07) is 0. The first-order chi connectivity index (χ1) is 6.77. The molecule has 0 amide bonds. The van der Waals surface area contributed by atoms with Crippen molar-refractivity contribution >= 4 is 17.9 Å². The molecule has 0 aromatic carbocycles. The number of tetrazole rings is 1. The number of nitrogens with one attached hydrogen (secondary N) is 1. The van der Waals surface area contributed by atoms with Crippen LogP contribution < -0.4 is 0 Å². The second-order valence-electron chi connectivity index (χ2n) is 3.09.